The minimum Gasteiger partial charge on any atom is -0.490 e. The number of benzene rings is 1. The van der Waals surface area contributed by atoms with E-state index in [0.717, 1.165) is 55.7 Å². The van der Waals surface area contributed by atoms with Gasteiger partial charge in [-0.3, -0.25) is 0 Å². The molecule has 0 bridgehead atoms. The van der Waals surface area contributed by atoms with Gasteiger partial charge in [0, 0.05) is 13.0 Å². The number of furan rings is 1. The van der Waals surface area contributed by atoms with Gasteiger partial charge in [0.05, 0.1) is 19.8 Å². The summed E-state index contributed by atoms with van der Waals surface area (Å²) in [6.07, 6.45) is 0.931. The Kier molecular flexibility index (Phi) is 3.92. The van der Waals surface area contributed by atoms with Crippen LogP contribution in [0, 0.1) is 6.92 Å². The van der Waals surface area contributed by atoms with Crippen molar-refractivity contribution >= 4 is 0 Å². The zero-order chi connectivity index (χ0) is 13.8. The Morgan fingerprint density at radius 2 is 1.85 bits per heavy atom. The molecular weight excluding hydrogens is 254 g/mol. The van der Waals surface area contributed by atoms with Crippen LogP contribution in [-0.4, -0.2) is 13.2 Å². The first kappa shape index (κ1) is 13.1. The fourth-order valence-electron chi connectivity index (χ4n) is 2.23. The first-order chi connectivity index (χ1) is 9.81. The highest BCUT2D eigenvalue weighted by Gasteiger charge is 2.10. The van der Waals surface area contributed by atoms with Crippen molar-refractivity contribution in [1.82, 2.24) is 5.32 Å². The lowest BCUT2D eigenvalue weighted by atomic mass is 10.2. The van der Waals surface area contributed by atoms with E-state index in [2.05, 4.69) is 11.4 Å². The normalized spacial score (nSPS) is 14.1. The molecule has 1 aliphatic rings. The summed E-state index contributed by atoms with van der Waals surface area (Å²) in [4.78, 5) is 0. The van der Waals surface area contributed by atoms with Crippen LogP contribution in [0.3, 0.4) is 0 Å². The smallest absolute Gasteiger partial charge is 0.161 e. The van der Waals surface area contributed by atoms with E-state index in [1.54, 1.807) is 0 Å². The molecule has 0 fully saturated rings. The van der Waals surface area contributed by atoms with E-state index in [1.165, 1.54) is 5.56 Å². The number of aryl methyl sites for hydroxylation is 1. The SMILES string of the molecule is Cc1ccc(CNCc2ccc3c(c2)OCCCO3)o1. The molecule has 0 saturated heterocycles. The van der Waals surface area contributed by atoms with E-state index in [9.17, 15) is 0 Å². The van der Waals surface area contributed by atoms with Crippen molar-refractivity contribution < 1.29 is 13.9 Å². The predicted octanol–water partition coefficient (Wildman–Crippen LogP) is 3.04. The van der Waals surface area contributed by atoms with Gasteiger partial charge in [-0.15, -0.1) is 0 Å². The van der Waals surface area contributed by atoms with Crippen molar-refractivity contribution in [1.29, 1.82) is 0 Å². The molecule has 4 heteroatoms. The van der Waals surface area contributed by atoms with Crippen molar-refractivity contribution in [2.75, 3.05) is 13.2 Å². The van der Waals surface area contributed by atoms with Crippen molar-refractivity contribution in [3.05, 3.63) is 47.4 Å². The first-order valence-electron chi connectivity index (χ1n) is 6.96. The molecule has 0 radical (unpaired) electrons. The number of fused-ring (bicyclic) bond motifs is 1. The second kappa shape index (κ2) is 6.01. The summed E-state index contributed by atoms with van der Waals surface area (Å²) < 4.78 is 16.8. The van der Waals surface area contributed by atoms with Gasteiger partial charge in [-0.25, -0.2) is 0 Å². The minimum absolute atomic E-state index is 0.718. The maximum absolute atomic E-state index is 5.69. The molecule has 0 aliphatic carbocycles. The Bertz CT molecular complexity index is 577. The van der Waals surface area contributed by atoms with Crippen molar-refractivity contribution in [2.24, 2.45) is 0 Å². The van der Waals surface area contributed by atoms with Gasteiger partial charge >= 0.3 is 0 Å². The molecule has 0 saturated carbocycles. The largest absolute Gasteiger partial charge is 0.490 e. The van der Waals surface area contributed by atoms with Crippen LogP contribution < -0.4 is 14.8 Å². The Morgan fingerprint density at radius 1 is 1.00 bits per heavy atom. The van der Waals surface area contributed by atoms with Crippen LogP contribution in [0.15, 0.2) is 34.7 Å². The molecule has 3 rings (SSSR count). The average molecular weight is 273 g/mol. The van der Waals surface area contributed by atoms with E-state index < -0.39 is 0 Å². The van der Waals surface area contributed by atoms with Gasteiger partial charge in [-0.05, 0) is 36.8 Å². The van der Waals surface area contributed by atoms with Gasteiger partial charge < -0.3 is 19.2 Å². The highest BCUT2D eigenvalue weighted by Crippen LogP contribution is 2.30. The molecule has 0 unspecified atom stereocenters. The molecule has 1 aromatic carbocycles. The standard InChI is InChI=1S/C16H19NO3/c1-12-3-5-14(20-12)11-17-10-13-4-6-15-16(9-13)19-8-2-7-18-15/h3-6,9,17H,2,7-8,10-11H2,1H3. The van der Waals surface area contributed by atoms with Gasteiger partial charge in [0.2, 0.25) is 0 Å². The molecule has 1 N–H and O–H groups in total. The molecule has 2 aromatic rings. The van der Waals surface area contributed by atoms with E-state index >= 15 is 0 Å². The third kappa shape index (κ3) is 3.14. The third-order valence-electron chi connectivity index (χ3n) is 3.24. The molecule has 1 aromatic heterocycles. The molecule has 0 amide bonds. The molecule has 106 valence electrons. The minimum atomic E-state index is 0.718. The summed E-state index contributed by atoms with van der Waals surface area (Å²) in [6.45, 7) is 4.89. The molecule has 2 heterocycles. The lowest BCUT2D eigenvalue weighted by Gasteiger charge is -2.09. The van der Waals surface area contributed by atoms with Crippen LogP contribution >= 0.6 is 0 Å². The van der Waals surface area contributed by atoms with Crippen LogP contribution in [-0.2, 0) is 13.1 Å². The van der Waals surface area contributed by atoms with Gasteiger partial charge in [-0.1, -0.05) is 6.07 Å². The summed E-state index contributed by atoms with van der Waals surface area (Å²) >= 11 is 0. The van der Waals surface area contributed by atoms with Gasteiger partial charge in [0.25, 0.3) is 0 Å². The number of hydrogen-bond acceptors (Lipinski definition) is 4. The number of ether oxygens (including phenoxy) is 2. The predicted molar refractivity (Wildman–Crippen MR) is 76.0 cm³/mol. The maximum Gasteiger partial charge on any atom is 0.161 e. The molecule has 0 atom stereocenters. The quantitative estimate of drug-likeness (QED) is 0.930. The summed E-state index contributed by atoms with van der Waals surface area (Å²) in [7, 11) is 0. The van der Waals surface area contributed by atoms with E-state index in [1.807, 2.05) is 31.2 Å². The lowest BCUT2D eigenvalue weighted by Crippen LogP contribution is -2.12. The second-order valence-electron chi connectivity index (χ2n) is 4.95. The van der Waals surface area contributed by atoms with Crippen LogP contribution in [0.25, 0.3) is 0 Å². The zero-order valence-corrected chi connectivity index (χ0v) is 11.6. The molecule has 4 nitrogen and oxygen atoms in total. The molecule has 20 heavy (non-hydrogen) atoms. The molecule has 1 aliphatic heterocycles. The first-order valence-corrected chi connectivity index (χ1v) is 6.96. The topological polar surface area (TPSA) is 43.6 Å². The van der Waals surface area contributed by atoms with Crippen molar-refractivity contribution in [2.45, 2.75) is 26.4 Å². The Labute approximate surface area is 118 Å². The van der Waals surface area contributed by atoms with Crippen LogP contribution in [0.1, 0.15) is 23.5 Å². The van der Waals surface area contributed by atoms with E-state index in [-0.39, 0.29) is 0 Å². The summed E-state index contributed by atoms with van der Waals surface area (Å²) in [5, 5.41) is 3.36. The summed E-state index contributed by atoms with van der Waals surface area (Å²) in [5.74, 6) is 3.58. The summed E-state index contributed by atoms with van der Waals surface area (Å²) in [5.41, 5.74) is 1.18. The summed E-state index contributed by atoms with van der Waals surface area (Å²) in [6, 6.07) is 10.1. The van der Waals surface area contributed by atoms with E-state index in [4.69, 9.17) is 13.9 Å². The van der Waals surface area contributed by atoms with Gasteiger partial charge in [0.1, 0.15) is 11.5 Å². The Morgan fingerprint density at radius 3 is 2.65 bits per heavy atom. The highest BCUT2D eigenvalue weighted by molar-refractivity contribution is 5.43. The fourth-order valence-corrected chi connectivity index (χ4v) is 2.23. The average Bonchev–Trinajstić information content (AvgIpc) is 2.73. The monoisotopic (exact) mass is 273 g/mol. The van der Waals surface area contributed by atoms with Crippen LogP contribution in [0.2, 0.25) is 0 Å². The fraction of sp³-hybridized carbons (Fsp3) is 0.375. The van der Waals surface area contributed by atoms with Crippen LogP contribution in [0.4, 0.5) is 0 Å². The third-order valence-corrected chi connectivity index (χ3v) is 3.24. The van der Waals surface area contributed by atoms with Crippen molar-refractivity contribution in [3.63, 3.8) is 0 Å². The molecular formula is C16H19NO3. The lowest BCUT2D eigenvalue weighted by molar-refractivity contribution is 0.297. The molecule has 0 spiro atoms. The Balaban J connectivity index is 1.59. The number of rotatable bonds is 4. The number of hydrogen-bond donors (Lipinski definition) is 1. The Hall–Kier alpha value is -1.94. The maximum atomic E-state index is 5.69. The second-order valence-corrected chi connectivity index (χ2v) is 4.95. The van der Waals surface area contributed by atoms with Crippen LogP contribution in [0.5, 0.6) is 11.5 Å². The van der Waals surface area contributed by atoms with Gasteiger partial charge in [0.15, 0.2) is 11.5 Å². The van der Waals surface area contributed by atoms with Gasteiger partial charge in [-0.2, -0.15) is 0 Å². The van der Waals surface area contributed by atoms with E-state index in [0.29, 0.717) is 0 Å². The zero-order valence-electron chi connectivity index (χ0n) is 11.6. The highest BCUT2D eigenvalue weighted by atomic mass is 16.5. The van der Waals surface area contributed by atoms with Crippen molar-refractivity contribution in [3.8, 4) is 11.5 Å². The number of nitrogens with one attached hydrogen (secondary N) is 1.